The molecule has 4 aromatic rings. The van der Waals surface area contributed by atoms with Crippen molar-refractivity contribution in [3.8, 4) is 11.1 Å². The maximum atomic E-state index is 11.6. The SMILES string of the molecule is N=C(/C(Cc1ccc(S(N)(=O)=O)cc1)=C(/N)Nc1nc(C(=O)O)cs1)c1cccc(-c2ccccc2)c1. The number of allylic oxidation sites excluding steroid dienone is 1. The molecule has 37 heavy (non-hydrogen) atoms. The fourth-order valence-corrected chi connectivity index (χ4v) is 4.81. The zero-order valence-corrected chi connectivity index (χ0v) is 21.0. The van der Waals surface area contributed by atoms with Gasteiger partial charge in [-0.15, -0.1) is 11.3 Å². The summed E-state index contributed by atoms with van der Waals surface area (Å²) in [5.74, 6) is -1.04. The minimum Gasteiger partial charge on any atom is -0.476 e. The Kier molecular flexibility index (Phi) is 7.48. The molecule has 0 aliphatic rings. The lowest BCUT2D eigenvalue weighted by atomic mass is 9.94. The highest BCUT2D eigenvalue weighted by Crippen LogP contribution is 2.25. The van der Waals surface area contributed by atoms with E-state index in [1.165, 1.54) is 17.5 Å². The van der Waals surface area contributed by atoms with E-state index in [1.807, 2.05) is 48.5 Å². The Hall–Kier alpha value is -4.32. The molecule has 0 radical (unpaired) electrons. The van der Waals surface area contributed by atoms with Gasteiger partial charge in [0.05, 0.1) is 10.6 Å². The number of aromatic nitrogens is 1. The lowest BCUT2D eigenvalue weighted by Crippen LogP contribution is -2.20. The predicted molar refractivity (Wildman–Crippen MR) is 144 cm³/mol. The first-order chi connectivity index (χ1) is 17.6. The lowest BCUT2D eigenvalue weighted by Gasteiger charge is -2.15. The van der Waals surface area contributed by atoms with E-state index >= 15 is 0 Å². The molecule has 1 heterocycles. The number of primary sulfonamides is 1. The number of carboxylic acid groups (broad SMARTS) is 1. The second-order valence-corrected chi connectivity index (χ2v) is 10.5. The highest BCUT2D eigenvalue weighted by Gasteiger charge is 2.17. The standard InChI is InChI=1S/C26H23N5O4S2/c27-23(19-8-4-7-18(14-19)17-5-2-1-3-6-17)21(13-16-9-11-20(12-10-16)37(29,34)35)24(28)31-26-30-22(15-36-26)25(32)33/h1-12,14-15,27H,13,28H2,(H,30,31)(H,32,33)(H2,29,34,35)/b24-21-,27-23?. The van der Waals surface area contributed by atoms with Gasteiger partial charge in [0.2, 0.25) is 10.0 Å². The molecule has 0 aliphatic carbocycles. The van der Waals surface area contributed by atoms with Crippen molar-refractivity contribution in [2.45, 2.75) is 11.3 Å². The Labute approximate surface area is 217 Å². The fourth-order valence-electron chi connectivity index (χ4n) is 3.60. The predicted octanol–water partition coefficient (Wildman–Crippen LogP) is 4.05. The van der Waals surface area contributed by atoms with Crippen LogP contribution in [-0.4, -0.2) is 30.2 Å². The summed E-state index contributed by atoms with van der Waals surface area (Å²) in [7, 11) is -3.85. The monoisotopic (exact) mass is 533 g/mol. The van der Waals surface area contributed by atoms with Crippen LogP contribution in [0.5, 0.6) is 0 Å². The van der Waals surface area contributed by atoms with Gasteiger partial charge >= 0.3 is 5.97 Å². The molecule has 4 rings (SSSR count). The smallest absolute Gasteiger partial charge is 0.355 e. The first-order valence-corrected chi connectivity index (χ1v) is 13.4. The summed E-state index contributed by atoms with van der Waals surface area (Å²) >= 11 is 1.07. The number of anilines is 1. The average molecular weight is 534 g/mol. The van der Waals surface area contributed by atoms with Gasteiger partial charge in [0, 0.05) is 22.9 Å². The normalized spacial score (nSPS) is 12.0. The maximum Gasteiger partial charge on any atom is 0.355 e. The third kappa shape index (κ3) is 6.28. The number of nitrogens with one attached hydrogen (secondary N) is 2. The van der Waals surface area contributed by atoms with Gasteiger partial charge in [-0.25, -0.2) is 23.3 Å². The molecule has 11 heteroatoms. The summed E-state index contributed by atoms with van der Waals surface area (Å²) in [5, 5.41) is 27.9. The molecule has 9 nitrogen and oxygen atoms in total. The Balaban J connectivity index is 1.72. The molecule has 3 aromatic carbocycles. The van der Waals surface area contributed by atoms with E-state index in [4.69, 9.17) is 21.4 Å². The summed E-state index contributed by atoms with van der Waals surface area (Å²) in [6.45, 7) is 0. The van der Waals surface area contributed by atoms with Crippen molar-refractivity contribution in [3.05, 3.63) is 112 Å². The van der Waals surface area contributed by atoms with Crippen LogP contribution in [0.25, 0.3) is 11.1 Å². The summed E-state index contributed by atoms with van der Waals surface area (Å²) in [6.07, 6.45) is 0.190. The molecule has 0 aliphatic heterocycles. The maximum absolute atomic E-state index is 11.6. The van der Waals surface area contributed by atoms with Gasteiger partial charge in [-0.05, 0) is 34.9 Å². The second kappa shape index (κ2) is 10.7. The van der Waals surface area contributed by atoms with Crippen molar-refractivity contribution in [1.29, 1.82) is 5.41 Å². The fraction of sp³-hybridized carbons (Fsp3) is 0.0385. The third-order valence-electron chi connectivity index (χ3n) is 5.48. The molecule has 0 fully saturated rings. The van der Waals surface area contributed by atoms with Gasteiger partial charge in [0.1, 0.15) is 5.82 Å². The van der Waals surface area contributed by atoms with E-state index in [9.17, 15) is 13.2 Å². The van der Waals surface area contributed by atoms with Gasteiger partial charge in [0.15, 0.2) is 10.8 Å². The molecule has 0 saturated carbocycles. The first-order valence-electron chi connectivity index (χ1n) is 10.9. The number of benzene rings is 3. The van der Waals surface area contributed by atoms with Gasteiger partial charge in [-0.1, -0.05) is 60.7 Å². The second-order valence-electron chi connectivity index (χ2n) is 8.05. The molecule has 0 amide bonds. The molecule has 0 bridgehead atoms. The van der Waals surface area contributed by atoms with Gasteiger partial charge in [0.25, 0.3) is 0 Å². The average Bonchev–Trinajstić information content (AvgIpc) is 3.36. The Morgan fingerprint density at radius 1 is 1.00 bits per heavy atom. The Bertz CT molecular complexity index is 1600. The number of nitrogens with two attached hydrogens (primary N) is 2. The molecule has 0 unspecified atom stereocenters. The van der Waals surface area contributed by atoms with Crippen molar-refractivity contribution in [2.75, 3.05) is 5.32 Å². The molecule has 7 N–H and O–H groups in total. The van der Waals surface area contributed by atoms with Gasteiger partial charge in [-0.2, -0.15) is 0 Å². The molecule has 1 aromatic heterocycles. The topological polar surface area (TPSA) is 172 Å². The zero-order valence-electron chi connectivity index (χ0n) is 19.4. The summed E-state index contributed by atoms with van der Waals surface area (Å²) in [5.41, 5.74) is 10.1. The Morgan fingerprint density at radius 3 is 2.30 bits per heavy atom. The lowest BCUT2D eigenvalue weighted by molar-refractivity contribution is 0.0691. The molecule has 0 atom stereocenters. The first kappa shape index (κ1) is 25.8. The highest BCUT2D eigenvalue weighted by molar-refractivity contribution is 7.89. The third-order valence-corrected chi connectivity index (χ3v) is 7.17. The van der Waals surface area contributed by atoms with Crippen LogP contribution in [0.1, 0.15) is 21.6 Å². The van der Waals surface area contributed by atoms with Crippen LogP contribution >= 0.6 is 11.3 Å². The van der Waals surface area contributed by atoms with Crippen molar-refractivity contribution in [3.63, 3.8) is 0 Å². The largest absolute Gasteiger partial charge is 0.476 e. The number of rotatable bonds is 9. The van der Waals surface area contributed by atoms with Crippen molar-refractivity contribution < 1.29 is 18.3 Å². The molecular weight excluding hydrogens is 510 g/mol. The van der Waals surface area contributed by atoms with Crippen LogP contribution in [0.2, 0.25) is 0 Å². The van der Waals surface area contributed by atoms with E-state index < -0.39 is 16.0 Å². The summed E-state index contributed by atoms with van der Waals surface area (Å²) in [6, 6.07) is 23.3. The van der Waals surface area contributed by atoms with E-state index in [0.29, 0.717) is 16.7 Å². The number of thiazole rings is 1. The van der Waals surface area contributed by atoms with Crippen LogP contribution < -0.4 is 16.2 Å². The molecule has 188 valence electrons. The number of aromatic carboxylic acids is 1. The van der Waals surface area contributed by atoms with Gasteiger partial charge < -0.3 is 16.2 Å². The van der Waals surface area contributed by atoms with Crippen molar-refractivity contribution in [2.24, 2.45) is 10.9 Å². The van der Waals surface area contributed by atoms with Crippen LogP contribution in [0.3, 0.4) is 0 Å². The minimum absolute atomic E-state index is 0.0255. The zero-order chi connectivity index (χ0) is 26.6. The van der Waals surface area contributed by atoms with E-state index in [-0.39, 0.29) is 33.7 Å². The van der Waals surface area contributed by atoms with Crippen LogP contribution in [-0.2, 0) is 16.4 Å². The molecule has 0 saturated heterocycles. The van der Waals surface area contributed by atoms with E-state index in [0.717, 1.165) is 22.5 Å². The number of hydrogen-bond acceptors (Lipinski definition) is 8. The van der Waals surface area contributed by atoms with Crippen LogP contribution in [0.4, 0.5) is 5.13 Å². The van der Waals surface area contributed by atoms with Crippen molar-refractivity contribution >= 4 is 38.2 Å². The Morgan fingerprint density at radius 2 is 1.68 bits per heavy atom. The summed E-state index contributed by atoms with van der Waals surface area (Å²) in [4.78, 5) is 15.2. The minimum atomic E-state index is -3.85. The molecule has 0 spiro atoms. The molecular formula is C26H23N5O4S2. The quantitative estimate of drug-likeness (QED) is 0.202. The number of nitrogens with zero attached hydrogens (tertiary/aromatic N) is 1. The van der Waals surface area contributed by atoms with E-state index in [2.05, 4.69) is 10.3 Å². The number of sulfonamides is 1. The van der Waals surface area contributed by atoms with Gasteiger partial charge in [-0.3, -0.25) is 5.41 Å². The number of carbonyl (C=O) groups is 1. The summed E-state index contributed by atoms with van der Waals surface area (Å²) < 4.78 is 23.3. The van der Waals surface area contributed by atoms with Crippen LogP contribution in [0, 0.1) is 5.41 Å². The van der Waals surface area contributed by atoms with Crippen molar-refractivity contribution in [1.82, 2.24) is 4.98 Å². The van der Waals surface area contributed by atoms with E-state index in [1.54, 1.807) is 18.2 Å². The number of carboxylic acids is 1. The highest BCUT2D eigenvalue weighted by atomic mass is 32.2. The van der Waals surface area contributed by atoms with Crippen LogP contribution in [0.15, 0.2) is 101 Å². The number of hydrogen-bond donors (Lipinski definition) is 5.